The maximum absolute atomic E-state index is 11.3. The lowest BCUT2D eigenvalue weighted by Gasteiger charge is -1.96. The van der Waals surface area contributed by atoms with Crippen molar-refractivity contribution in [2.75, 3.05) is 0 Å². The highest BCUT2D eigenvalue weighted by Crippen LogP contribution is 2.16. The third-order valence-electron chi connectivity index (χ3n) is 2.56. The van der Waals surface area contributed by atoms with Gasteiger partial charge in [-0.25, -0.2) is 0 Å². The van der Waals surface area contributed by atoms with Crippen LogP contribution in [0.25, 0.3) is 10.9 Å². The maximum Gasteiger partial charge on any atom is 0.250 e. The third kappa shape index (κ3) is 2.41. The van der Waals surface area contributed by atoms with E-state index >= 15 is 0 Å². The molecule has 1 aromatic heterocycles. The smallest absolute Gasteiger partial charge is 0.250 e. The lowest BCUT2D eigenvalue weighted by Crippen LogP contribution is -2.11. The predicted molar refractivity (Wildman–Crippen MR) is 70.1 cm³/mol. The fourth-order valence-corrected chi connectivity index (χ4v) is 1.75. The molecular weight excluding hydrogens is 226 g/mol. The van der Waals surface area contributed by atoms with E-state index in [-0.39, 0.29) is 0 Å². The SMILES string of the molecule is C=C=C=CCCn1cc2cccc(C(N)=O)c2n1. The molecule has 0 radical (unpaired) electrons. The Morgan fingerprint density at radius 2 is 2.39 bits per heavy atom. The van der Waals surface area contributed by atoms with Crippen LogP contribution in [0.2, 0.25) is 0 Å². The summed E-state index contributed by atoms with van der Waals surface area (Å²) in [5, 5.41) is 5.28. The Morgan fingerprint density at radius 3 is 3.11 bits per heavy atom. The summed E-state index contributed by atoms with van der Waals surface area (Å²) in [5.74, 6) is -0.458. The van der Waals surface area contributed by atoms with E-state index in [1.807, 2.05) is 18.3 Å². The molecular formula is C14H13N3O. The minimum Gasteiger partial charge on any atom is -0.366 e. The van der Waals surface area contributed by atoms with E-state index in [0.717, 1.165) is 11.8 Å². The van der Waals surface area contributed by atoms with E-state index in [0.29, 0.717) is 17.6 Å². The van der Waals surface area contributed by atoms with Crippen LogP contribution in [0.4, 0.5) is 0 Å². The molecule has 2 aromatic rings. The van der Waals surface area contributed by atoms with Gasteiger partial charge in [0.1, 0.15) is 5.52 Å². The standard InChI is InChI=1S/C14H13N3O/c1-2-3-4-5-9-17-10-11-7-6-8-12(14(15)18)13(11)16-17/h4,6-8,10H,1,5,9H2,(H2,15,18). The summed E-state index contributed by atoms with van der Waals surface area (Å²) >= 11 is 0. The monoisotopic (exact) mass is 239 g/mol. The normalized spacial score (nSPS) is 9.78. The minimum absolute atomic E-state index is 0.452. The first-order valence-corrected chi connectivity index (χ1v) is 5.57. The van der Waals surface area contributed by atoms with Crippen molar-refractivity contribution in [2.45, 2.75) is 13.0 Å². The molecule has 2 N–H and O–H groups in total. The van der Waals surface area contributed by atoms with Crippen LogP contribution in [0.15, 0.2) is 48.5 Å². The Hall–Kier alpha value is -2.54. The molecule has 0 bridgehead atoms. The van der Waals surface area contributed by atoms with Gasteiger partial charge in [0.15, 0.2) is 0 Å². The van der Waals surface area contributed by atoms with Gasteiger partial charge >= 0.3 is 0 Å². The highest BCUT2D eigenvalue weighted by molar-refractivity contribution is 6.04. The van der Waals surface area contributed by atoms with Crippen LogP contribution in [-0.4, -0.2) is 15.7 Å². The Labute approximate surface area is 105 Å². The fraction of sp³-hybridized carbons (Fsp3) is 0.143. The number of carbonyl (C=O) groups is 1. The average Bonchev–Trinajstić information content (AvgIpc) is 2.76. The molecule has 1 aromatic carbocycles. The second-order valence-corrected chi connectivity index (χ2v) is 3.81. The molecule has 4 nitrogen and oxygen atoms in total. The summed E-state index contributed by atoms with van der Waals surface area (Å²) in [6.07, 6.45) is 4.52. The molecule has 0 spiro atoms. The van der Waals surface area contributed by atoms with Gasteiger partial charge in [0.2, 0.25) is 0 Å². The zero-order valence-electron chi connectivity index (χ0n) is 9.89. The Balaban J connectivity index is 2.32. The van der Waals surface area contributed by atoms with Crippen LogP contribution in [0, 0.1) is 0 Å². The lowest BCUT2D eigenvalue weighted by molar-refractivity contribution is 0.100. The fourth-order valence-electron chi connectivity index (χ4n) is 1.75. The second kappa shape index (κ2) is 5.19. The number of fused-ring (bicyclic) bond motifs is 1. The zero-order chi connectivity index (χ0) is 13.0. The molecule has 4 heteroatoms. The number of nitrogens with two attached hydrogens (primary N) is 1. The highest BCUT2D eigenvalue weighted by atomic mass is 16.1. The van der Waals surface area contributed by atoms with E-state index in [9.17, 15) is 4.79 Å². The molecule has 18 heavy (non-hydrogen) atoms. The number of benzene rings is 1. The Morgan fingerprint density at radius 1 is 1.56 bits per heavy atom. The van der Waals surface area contributed by atoms with Gasteiger partial charge in [-0.15, -0.1) is 0 Å². The minimum atomic E-state index is -0.458. The van der Waals surface area contributed by atoms with E-state index in [1.165, 1.54) is 0 Å². The summed E-state index contributed by atoms with van der Waals surface area (Å²) in [5.41, 5.74) is 11.7. The van der Waals surface area contributed by atoms with E-state index in [4.69, 9.17) is 5.73 Å². The number of hydrogen-bond donors (Lipinski definition) is 1. The molecule has 0 fully saturated rings. The van der Waals surface area contributed by atoms with Crippen LogP contribution >= 0.6 is 0 Å². The molecule has 1 amide bonds. The lowest BCUT2D eigenvalue weighted by atomic mass is 10.1. The average molecular weight is 239 g/mol. The van der Waals surface area contributed by atoms with Crippen molar-refractivity contribution in [2.24, 2.45) is 5.73 Å². The van der Waals surface area contributed by atoms with Gasteiger partial charge in [0, 0.05) is 18.1 Å². The van der Waals surface area contributed by atoms with Gasteiger partial charge in [-0.2, -0.15) is 5.10 Å². The number of aromatic nitrogens is 2. The van der Waals surface area contributed by atoms with Crippen LogP contribution < -0.4 is 5.73 Å². The van der Waals surface area contributed by atoms with Crippen LogP contribution in [0.3, 0.4) is 0 Å². The maximum atomic E-state index is 11.3. The molecule has 0 unspecified atom stereocenters. The van der Waals surface area contributed by atoms with E-state index in [2.05, 4.69) is 23.1 Å². The first-order chi connectivity index (χ1) is 8.72. The Kier molecular flexibility index (Phi) is 3.44. The molecule has 90 valence electrons. The number of aryl methyl sites for hydroxylation is 1. The van der Waals surface area contributed by atoms with Gasteiger partial charge in [0.05, 0.1) is 5.56 Å². The number of allylic oxidation sites excluding steroid dienone is 1. The van der Waals surface area contributed by atoms with Crippen molar-refractivity contribution in [1.29, 1.82) is 0 Å². The first kappa shape index (κ1) is 11.9. The van der Waals surface area contributed by atoms with Gasteiger partial charge < -0.3 is 5.73 Å². The highest BCUT2D eigenvalue weighted by Gasteiger charge is 2.09. The molecule has 0 saturated carbocycles. The van der Waals surface area contributed by atoms with E-state index < -0.39 is 5.91 Å². The summed E-state index contributed by atoms with van der Waals surface area (Å²) < 4.78 is 1.79. The number of primary amides is 1. The molecule has 1 heterocycles. The van der Waals surface area contributed by atoms with Crippen molar-refractivity contribution < 1.29 is 4.79 Å². The van der Waals surface area contributed by atoms with E-state index in [1.54, 1.807) is 16.8 Å². The molecule has 0 aliphatic heterocycles. The summed E-state index contributed by atoms with van der Waals surface area (Å²) in [6, 6.07) is 5.39. The zero-order valence-corrected chi connectivity index (χ0v) is 9.89. The van der Waals surface area contributed by atoms with Crippen molar-refractivity contribution >= 4 is 16.8 Å². The second-order valence-electron chi connectivity index (χ2n) is 3.81. The predicted octanol–water partition coefficient (Wildman–Crippen LogP) is 2.02. The molecule has 0 saturated heterocycles. The van der Waals surface area contributed by atoms with Gasteiger partial charge in [-0.05, 0) is 25.1 Å². The summed E-state index contributed by atoms with van der Waals surface area (Å²) in [6.45, 7) is 4.14. The Bertz CT molecular complexity index is 671. The summed E-state index contributed by atoms with van der Waals surface area (Å²) in [4.78, 5) is 11.3. The topological polar surface area (TPSA) is 60.9 Å². The quantitative estimate of drug-likeness (QED) is 0.830. The number of rotatable bonds is 4. The number of hydrogen-bond acceptors (Lipinski definition) is 2. The van der Waals surface area contributed by atoms with Crippen molar-refractivity contribution in [3.8, 4) is 0 Å². The molecule has 2 rings (SSSR count). The van der Waals surface area contributed by atoms with Gasteiger partial charge in [-0.1, -0.05) is 23.6 Å². The van der Waals surface area contributed by atoms with Crippen LogP contribution in [-0.2, 0) is 6.54 Å². The van der Waals surface area contributed by atoms with Crippen LogP contribution in [0.1, 0.15) is 16.8 Å². The molecule has 0 atom stereocenters. The van der Waals surface area contributed by atoms with Crippen molar-refractivity contribution in [1.82, 2.24) is 9.78 Å². The van der Waals surface area contributed by atoms with Gasteiger partial charge in [-0.3, -0.25) is 9.48 Å². The molecule has 0 aliphatic rings. The number of nitrogens with zero attached hydrogens (tertiary/aromatic N) is 2. The molecule has 0 aliphatic carbocycles. The first-order valence-electron chi connectivity index (χ1n) is 5.57. The van der Waals surface area contributed by atoms with Crippen molar-refractivity contribution in [3.63, 3.8) is 0 Å². The number of amides is 1. The summed E-state index contributed by atoms with van der Waals surface area (Å²) in [7, 11) is 0. The van der Waals surface area contributed by atoms with Crippen LogP contribution in [0.5, 0.6) is 0 Å². The van der Waals surface area contributed by atoms with Gasteiger partial charge in [0.25, 0.3) is 5.91 Å². The number of carbonyl (C=O) groups excluding carboxylic acids is 1. The largest absolute Gasteiger partial charge is 0.366 e. The van der Waals surface area contributed by atoms with Crippen molar-refractivity contribution in [3.05, 3.63) is 54.1 Å². The third-order valence-corrected chi connectivity index (χ3v) is 2.56.